The van der Waals surface area contributed by atoms with E-state index < -0.39 is 0 Å². The Morgan fingerprint density at radius 2 is 2.23 bits per heavy atom. The molecule has 1 aromatic heterocycles. The van der Waals surface area contributed by atoms with Crippen molar-refractivity contribution in [3.8, 4) is 0 Å². The highest BCUT2D eigenvalue weighted by Gasteiger charge is 2.00. The van der Waals surface area contributed by atoms with Crippen LogP contribution in [-0.4, -0.2) is 6.08 Å². The van der Waals surface area contributed by atoms with Gasteiger partial charge in [-0.05, 0) is 29.7 Å². The number of rotatable bonds is 1. The van der Waals surface area contributed by atoms with Gasteiger partial charge in [0.25, 0.3) is 0 Å². The molecule has 1 heterocycles. The Kier molecular flexibility index (Phi) is 2.27. The van der Waals surface area contributed by atoms with E-state index in [4.69, 9.17) is 0 Å². The number of hydrogen-bond acceptors (Lipinski definition) is 3. The van der Waals surface area contributed by atoms with E-state index in [9.17, 15) is 4.79 Å². The van der Waals surface area contributed by atoms with Crippen LogP contribution in [0.1, 0.15) is 0 Å². The molecule has 0 saturated heterocycles. The minimum Gasteiger partial charge on any atom is -0.211 e. The number of hydrogen-bond donors (Lipinski definition) is 0. The molecule has 0 spiro atoms. The molecule has 0 bridgehead atoms. The van der Waals surface area contributed by atoms with E-state index in [1.165, 1.54) is 17.4 Å². The van der Waals surface area contributed by atoms with Crippen LogP contribution in [0.4, 0.5) is 5.00 Å². The molecule has 4 heteroatoms. The van der Waals surface area contributed by atoms with Crippen molar-refractivity contribution in [2.75, 3.05) is 0 Å². The van der Waals surface area contributed by atoms with Crippen LogP contribution >= 0.6 is 27.3 Å². The van der Waals surface area contributed by atoms with Gasteiger partial charge in [0.1, 0.15) is 5.00 Å². The summed E-state index contributed by atoms with van der Waals surface area (Å²) in [5, 5.41) is 1.79. The molecule has 0 radical (unpaired) electrons. The molecule has 0 N–H and O–H groups in total. The van der Waals surface area contributed by atoms with Gasteiger partial charge in [0.2, 0.25) is 6.08 Å². The molecule has 0 unspecified atom stereocenters. The van der Waals surface area contributed by atoms with E-state index in [2.05, 4.69) is 20.9 Å². The van der Waals surface area contributed by atoms with Crippen molar-refractivity contribution in [3.05, 3.63) is 28.7 Å². The summed E-state index contributed by atoms with van der Waals surface area (Å²) in [4.78, 5) is 13.6. The van der Waals surface area contributed by atoms with Crippen molar-refractivity contribution in [2.45, 2.75) is 0 Å². The van der Waals surface area contributed by atoms with Gasteiger partial charge in [-0.25, -0.2) is 4.79 Å². The van der Waals surface area contributed by atoms with Crippen LogP contribution in [0, 0.1) is 0 Å². The van der Waals surface area contributed by atoms with Gasteiger partial charge in [-0.2, -0.15) is 4.99 Å². The first kappa shape index (κ1) is 8.63. The third-order valence-corrected chi connectivity index (χ3v) is 3.12. The summed E-state index contributed by atoms with van der Waals surface area (Å²) in [6.45, 7) is 0. The van der Waals surface area contributed by atoms with Crippen LogP contribution in [0.15, 0.2) is 33.7 Å². The monoisotopic (exact) mass is 253 g/mol. The molecule has 13 heavy (non-hydrogen) atoms. The number of thiophene rings is 1. The largest absolute Gasteiger partial charge is 0.241 e. The lowest BCUT2D eigenvalue weighted by molar-refractivity contribution is 0.565. The average molecular weight is 254 g/mol. The highest BCUT2D eigenvalue weighted by molar-refractivity contribution is 9.10. The molecule has 0 amide bonds. The molecular formula is C9H4BrNOS. The normalized spacial score (nSPS) is 9.92. The Morgan fingerprint density at radius 3 is 3.00 bits per heavy atom. The highest BCUT2D eigenvalue weighted by Crippen LogP contribution is 2.32. The summed E-state index contributed by atoms with van der Waals surface area (Å²) in [5.74, 6) is 0. The fraction of sp³-hybridized carbons (Fsp3) is 0. The minimum atomic E-state index is 0.697. The van der Waals surface area contributed by atoms with Crippen LogP contribution < -0.4 is 0 Å². The van der Waals surface area contributed by atoms with E-state index >= 15 is 0 Å². The highest BCUT2D eigenvalue weighted by atomic mass is 79.9. The van der Waals surface area contributed by atoms with Gasteiger partial charge in [-0.15, -0.1) is 11.3 Å². The molecule has 2 rings (SSSR count). The van der Waals surface area contributed by atoms with E-state index in [0.29, 0.717) is 5.00 Å². The fourth-order valence-electron chi connectivity index (χ4n) is 1.10. The van der Waals surface area contributed by atoms with Crippen LogP contribution in [-0.2, 0) is 4.79 Å². The van der Waals surface area contributed by atoms with E-state index in [1.807, 2.05) is 24.3 Å². The smallest absolute Gasteiger partial charge is 0.211 e. The Morgan fingerprint density at radius 1 is 1.38 bits per heavy atom. The summed E-state index contributed by atoms with van der Waals surface area (Å²) < 4.78 is 2.15. The molecule has 0 fully saturated rings. The van der Waals surface area contributed by atoms with E-state index in [0.717, 1.165) is 14.6 Å². The molecule has 1 aromatic carbocycles. The number of carbonyl (C=O) groups excluding carboxylic acids is 1. The number of benzene rings is 1. The summed E-state index contributed by atoms with van der Waals surface area (Å²) in [6.07, 6.45) is 1.53. The van der Waals surface area contributed by atoms with E-state index in [-0.39, 0.29) is 0 Å². The molecule has 2 nitrogen and oxygen atoms in total. The third-order valence-electron chi connectivity index (χ3n) is 1.62. The molecule has 0 aliphatic heterocycles. The zero-order valence-electron chi connectivity index (χ0n) is 6.45. The second-order valence-corrected chi connectivity index (χ2v) is 4.45. The maximum atomic E-state index is 10.0. The Balaban J connectivity index is 2.68. The van der Waals surface area contributed by atoms with Crippen molar-refractivity contribution in [1.29, 1.82) is 0 Å². The van der Waals surface area contributed by atoms with Crippen molar-refractivity contribution >= 4 is 48.4 Å². The first-order valence-electron chi connectivity index (χ1n) is 3.56. The van der Waals surface area contributed by atoms with Gasteiger partial charge in [-0.1, -0.05) is 15.9 Å². The maximum absolute atomic E-state index is 10.0. The first-order valence-corrected chi connectivity index (χ1v) is 5.17. The third kappa shape index (κ3) is 1.70. The molecule has 0 saturated carbocycles. The lowest BCUT2D eigenvalue weighted by atomic mass is 10.3. The van der Waals surface area contributed by atoms with Gasteiger partial charge in [0.05, 0.1) is 0 Å². The molecule has 0 aliphatic rings. The van der Waals surface area contributed by atoms with Gasteiger partial charge < -0.3 is 0 Å². The van der Waals surface area contributed by atoms with Crippen molar-refractivity contribution < 1.29 is 4.79 Å². The van der Waals surface area contributed by atoms with Crippen LogP contribution in [0.25, 0.3) is 10.1 Å². The Hall–Kier alpha value is -0.960. The maximum Gasteiger partial charge on any atom is 0.241 e. The summed E-state index contributed by atoms with van der Waals surface area (Å²) in [7, 11) is 0. The van der Waals surface area contributed by atoms with Crippen molar-refractivity contribution in [3.63, 3.8) is 0 Å². The summed E-state index contributed by atoms with van der Waals surface area (Å²) >= 11 is 4.86. The minimum absolute atomic E-state index is 0.697. The Labute approximate surface area is 87.0 Å². The zero-order chi connectivity index (χ0) is 9.26. The van der Waals surface area contributed by atoms with Gasteiger partial charge in [0.15, 0.2) is 0 Å². The molecule has 0 atom stereocenters. The predicted molar refractivity (Wildman–Crippen MR) is 57.3 cm³/mol. The number of halogens is 1. The van der Waals surface area contributed by atoms with Crippen LogP contribution in [0.2, 0.25) is 0 Å². The average Bonchev–Trinajstić information content (AvgIpc) is 2.46. The second-order valence-electron chi connectivity index (χ2n) is 2.47. The topological polar surface area (TPSA) is 29.4 Å². The van der Waals surface area contributed by atoms with E-state index in [1.54, 1.807) is 0 Å². The number of nitrogens with zero attached hydrogens (tertiary/aromatic N) is 1. The number of fused-ring (bicyclic) bond motifs is 1. The molecule has 64 valence electrons. The molecule has 0 aliphatic carbocycles. The first-order chi connectivity index (χ1) is 6.29. The number of isocyanates is 1. The summed E-state index contributed by atoms with van der Waals surface area (Å²) in [5.41, 5.74) is 0. The SMILES string of the molecule is O=C=Nc1cc2cc(Br)ccc2s1. The standard InChI is InChI=1S/C9H4BrNOS/c10-7-1-2-8-6(3-7)4-9(13-8)11-5-12/h1-4H. The lowest BCUT2D eigenvalue weighted by Crippen LogP contribution is -1.61. The van der Waals surface area contributed by atoms with Gasteiger partial charge >= 0.3 is 0 Å². The van der Waals surface area contributed by atoms with Crippen molar-refractivity contribution in [1.82, 2.24) is 0 Å². The van der Waals surface area contributed by atoms with Crippen LogP contribution in [0.5, 0.6) is 0 Å². The van der Waals surface area contributed by atoms with Crippen LogP contribution in [0.3, 0.4) is 0 Å². The van der Waals surface area contributed by atoms with Gasteiger partial charge in [0, 0.05) is 9.17 Å². The fourth-order valence-corrected chi connectivity index (χ4v) is 2.34. The predicted octanol–water partition coefficient (Wildman–Crippen LogP) is 3.63. The molecular weight excluding hydrogens is 250 g/mol. The lowest BCUT2D eigenvalue weighted by Gasteiger charge is -1.88. The number of aliphatic imine (C=N–C) groups is 1. The quantitative estimate of drug-likeness (QED) is 0.564. The zero-order valence-corrected chi connectivity index (χ0v) is 8.85. The molecule has 2 aromatic rings. The Bertz CT molecular complexity index is 499. The van der Waals surface area contributed by atoms with Gasteiger partial charge in [-0.3, -0.25) is 0 Å². The van der Waals surface area contributed by atoms with Crippen molar-refractivity contribution in [2.24, 2.45) is 4.99 Å². The second kappa shape index (κ2) is 3.42. The summed E-state index contributed by atoms with van der Waals surface area (Å²) in [6, 6.07) is 7.83.